The lowest BCUT2D eigenvalue weighted by atomic mass is 10.1. The highest BCUT2D eigenvalue weighted by molar-refractivity contribution is 9.08. The minimum atomic E-state index is -1.32. The van der Waals surface area contributed by atoms with Crippen molar-refractivity contribution in [1.29, 1.82) is 0 Å². The Hall–Kier alpha value is -4.07. The summed E-state index contributed by atoms with van der Waals surface area (Å²) in [6.07, 6.45) is 0.834. The third kappa shape index (κ3) is 5.79. The number of benzene rings is 1. The molecule has 33 heavy (non-hydrogen) atoms. The molecular formula is C19H18BrN7O6. The Morgan fingerprint density at radius 3 is 2.48 bits per heavy atom. The van der Waals surface area contributed by atoms with E-state index in [2.05, 4.69) is 41.7 Å². The van der Waals surface area contributed by atoms with Crippen molar-refractivity contribution in [2.75, 3.05) is 11.1 Å². The van der Waals surface area contributed by atoms with Crippen LogP contribution in [0.3, 0.4) is 0 Å². The average Bonchev–Trinajstić information content (AvgIpc) is 2.79. The molecule has 0 saturated carbocycles. The molecular weight excluding hydrogens is 502 g/mol. The number of aliphatic carboxylic acids is 2. The molecule has 13 nitrogen and oxygen atoms in total. The largest absolute Gasteiger partial charge is 0.481 e. The molecule has 0 radical (unpaired) electrons. The maximum absolute atomic E-state index is 12.3. The Labute approximate surface area is 194 Å². The number of nitrogens with two attached hydrogens (primary N) is 1. The molecule has 3 rings (SSSR count). The number of anilines is 2. The summed E-state index contributed by atoms with van der Waals surface area (Å²) in [7, 11) is 0. The quantitative estimate of drug-likeness (QED) is 0.264. The van der Waals surface area contributed by atoms with Crippen molar-refractivity contribution in [2.24, 2.45) is 0 Å². The van der Waals surface area contributed by atoms with Gasteiger partial charge in [-0.3, -0.25) is 14.4 Å². The average molecular weight is 520 g/mol. The minimum absolute atomic E-state index is 0.0447. The SMILES string of the molecule is Nc1nc2ncc(CNc3ccc(C(=O)NC(CCC(=O)O)C(=O)O)cc3)nc2c(=O)n1Br. The summed E-state index contributed by atoms with van der Waals surface area (Å²) < 4.78 is 0.988. The van der Waals surface area contributed by atoms with Gasteiger partial charge in [-0.2, -0.15) is 4.98 Å². The fourth-order valence-corrected chi connectivity index (χ4v) is 3.03. The molecule has 1 atom stereocenters. The smallest absolute Gasteiger partial charge is 0.326 e. The Morgan fingerprint density at radius 2 is 1.85 bits per heavy atom. The molecule has 0 aliphatic rings. The first-order valence-corrected chi connectivity index (χ1v) is 10.2. The van der Waals surface area contributed by atoms with Crippen molar-refractivity contribution in [1.82, 2.24) is 23.9 Å². The number of fused-ring (bicyclic) bond motifs is 1. The van der Waals surface area contributed by atoms with E-state index in [1.54, 1.807) is 12.1 Å². The Kier molecular flexibility index (Phi) is 7.17. The maximum Gasteiger partial charge on any atom is 0.326 e. The number of nitrogens with zero attached hydrogens (tertiary/aromatic N) is 4. The van der Waals surface area contributed by atoms with E-state index in [0.29, 0.717) is 11.4 Å². The normalized spacial score (nSPS) is 11.7. The highest BCUT2D eigenvalue weighted by Crippen LogP contribution is 2.13. The number of nitrogen functional groups attached to an aromatic ring is 1. The van der Waals surface area contributed by atoms with Crippen molar-refractivity contribution >= 4 is 56.8 Å². The number of rotatable bonds is 9. The van der Waals surface area contributed by atoms with Crippen LogP contribution >= 0.6 is 16.1 Å². The summed E-state index contributed by atoms with van der Waals surface area (Å²) >= 11 is 3.00. The first-order chi connectivity index (χ1) is 15.7. The fourth-order valence-electron chi connectivity index (χ4n) is 2.78. The lowest BCUT2D eigenvalue weighted by Crippen LogP contribution is -2.41. The van der Waals surface area contributed by atoms with Gasteiger partial charge in [-0.1, -0.05) is 0 Å². The fraction of sp³-hybridized carbons (Fsp3) is 0.211. The van der Waals surface area contributed by atoms with Crippen LogP contribution in [0.5, 0.6) is 0 Å². The summed E-state index contributed by atoms with van der Waals surface area (Å²) in [5, 5.41) is 23.2. The molecule has 0 saturated heterocycles. The second-order valence-corrected chi connectivity index (χ2v) is 7.53. The minimum Gasteiger partial charge on any atom is -0.481 e. The zero-order chi connectivity index (χ0) is 24.1. The Bertz CT molecular complexity index is 1280. The van der Waals surface area contributed by atoms with E-state index in [1.807, 2.05) is 0 Å². The van der Waals surface area contributed by atoms with Crippen molar-refractivity contribution in [3.05, 3.63) is 52.1 Å². The second-order valence-electron chi connectivity index (χ2n) is 6.82. The predicted octanol–water partition coefficient (Wildman–Crippen LogP) is 0.587. The lowest BCUT2D eigenvalue weighted by Gasteiger charge is -2.14. The molecule has 0 fully saturated rings. The van der Waals surface area contributed by atoms with Crippen LogP contribution in [0.15, 0.2) is 35.3 Å². The van der Waals surface area contributed by atoms with Crippen molar-refractivity contribution in [3.8, 4) is 0 Å². The van der Waals surface area contributed by atoms with E-state index in [0.717, 1.165) is 3.59 Å². The third-order valence-corrected chi connectivity index (χ3v) is 5.16. The molecule has 2 heterocycles. The number of aromatic nitrogens is 4. The summed E-state index contributed by atoms with van der Waals surface area (Å²) in [4.78, 5) is 58.7. The molecule has 1 amide bonds. The third-order valence-electron chi connectivity index (χ3n) is 4.48. The molecule has 0 aliphatic carbocycles. The molecule has 2 aromatic heterocycles. The van der Waals surface area contributed by atoms with Gasteiger partial charge < -0.3 is 26.6 Å². The molecule has 1 aromatic carbocycles. The van der Waals surface area contributed by atoms with E-state index in [1.165, 1.54) is 18.3 Å². The number of carboxylic acid groups (broad SMARTS) is 2. The predicted molar refractivity (Wildman–Crippen MR) is 120 cm³/mol. The number of carboxylic acids is 2. The summed E-state index contributed by atoms with van der Waals surface area (Å²) in [6.45, 7) is 0.219. The number of carbonyl (C=O) groups is 3. The number of halogens is 1. The van der Waals surface area contributed by atoms with Gasteiger partial charge in [0.2, 0.25) is 5.95 Å². The Balaban J connectivity index is 1.64. The second kappa shape index (κ2) is 10.0. The number of hydrogen-bond acceptors (Lipinski definition) is 9. The topological polar surface area (TPSA) is 202 Å². The molecule has 3 aromatic rings. The highest BCUT2D eigenvalue weighted by Gasteiger charge is 2.21. The standard InChI is InChI=1S/C19H18BrN7O6/c20-27-17(31)14-15(26-19(27)21)23-8-11(24-14)7-22-10-3-1-9(2-4-10)16(30)25-12(18(32)33)5-6-13(28)29/h1-4,8,12,22H,5-7H2,(H,25,30)(H,28,29)(H,32,33)(H2,21,23,26). The zero-order valence-corrected chi connectivity index (χ0v) is 18.4. The van der Waals surface area contributed by atoms with Gasteiger partial charge in [0.25, 0.3) is 11.5 Å². The van der Waals surface area contributed by atoms with Gasteiger partial charge in [0.15, 0.2) is 11.2 Å². The van der Waals surface area contributed by atoms with Crippen LogP contribution in [-0.2, 0) is 16.1 Å². The number of amides is 1. The maximum atomic E-state index is 12.3. The molecule has 1 unspecified atom stereocenters. The first-order valence-electron chi connectivity index (χ1n) is 9.45. The van der Waals surface area contributed by atoms with Crippen LogP contribution in [0, 0.1) is 0 Å². The molecule has 0 aliphatic heterocycles. The highest BCUT2D eigenvalue weighted by atomic mass is 79.9. The van der Waals surface area contributed by atoms with Crippen LogP contribution in [0.1, 0.15) is 28.9 Å². The summed E-state index contributed by atoms with van der Waals surface area (Å²) in [6, 6.07) is 4.85. The number of carbonyl (C=O) groups excluding carboxylic acids is 1. The van der Waals surface area contributed by atoms with Gasteiger partial charge >= 0.3 is 11.9 Å². The van der Waals surface area contributed by atoms with Gasteiger partial charge in [0.05, 0.1) is 34.6 Å². The molecule has 0 spiro atoms. The van der Waals surface area contributed by atoms with Crippen LogP contribution in [0.4, 0.5) is 11.6 Å². The van der Waals surface area contributed by atoms with E-state index < -0.39 is 29.4 Å². The van der Waals surface area contributed by atoms with Crippen molar-refractivity contribution < 1.29 is 24.6 Å². The summed E-state index contributed by atoms with van der Waals surface area (Å²) in [5.41, 5.74) is 6.57. The molecule has 172 valence electrons. The van der Waals surface area contributed by atoms with E-state index >= 15 is 0 Å². The number of hydrogen-bond donors (Lipinski definition) is 5. The van der Waals surface area contributed by atoms with Gasteiger partial charge in [-0.05, 0) is 30.7 Å². The van der Waals surface area contributed by atoms with E-state index in [4.69, 9.17) is 15.9 Å². The Morgan fingerprint density at radius 1 is 1.15 bits per heavy atom. The van der Waals surface area contributed by atoms with Gasteiger partial charge in [0.1, 0.15) is 6.04 Å². The van der Waals surface area contributed by atoms with Crippen LogP contribution < -0.4 is 21.9 Å². The van der Waals surface area contributed by atoms with Gasteiger partial charge in [0, 0.05) is 17.7 Å². The molecule has 14 heteroatoms. The van der Waals surface area contributed by atoms with E-state index in [9.17, 15) is 19.2 Å². The van der Waals surface area contributed by atoms with Gasteiger partial charge in [-0.25, -0.2) is 18.4 Å². The van der Waals surface area contributed by atoms with Gasteiger partial charge in [-0.15, -0.1) is 0 Å². The molecule has 6 N–H and O–H groups in total. The number of nitrogens with one attached hydrogen (secondary N) is 2. The van der Waals surface area contributed by atoms with Crippen molar-refractivity contribution in [2.45, 2.75) is 25.4 Å². The molecule has 0 bridgehead atoms. The van der Waals surface area contributed by atoms with Crippen LogP contribution in [-0.4, -0.2) is 52.6 Å². The zero-order valence-electron chi connectivity index (χ0n) is 16.9. The monoisotopic (exact) mass is 519 g/mol. The van der Waals surface area contributed by atoms with Crippen LogP contribution in [0.2, 0.25) is 0 Å². The van der Waals surface area contributed by atoms with Crippen molar-refractivity contribution in [3.63, 3.8) is 0 Å². The lowest BCUT2D eigenvalue weighted by molar-refractivity contribution is -0.140. The first kappa shape index (κ1) is 23.6. The van der Waals surface area contributed by atoms with E-state index in [-0.39, 0.29) is 42.1 Å². The summed E-state index contributed by atoms with van der Waals surface area (Å²) in [5.74, 6) is -3.16. The van der Waals surface area contributed by atoms with Crippen LogP contribution in [0.25, 0.3) is 11.2 Å².